The van der Waals surface area contributed by atoms with E-state index in [2.05, 4.69) is 20.0 Å². The molecule has 14 heavy (non-hydrogen) atoms. The van der Waals surface area contributed by atoms with E-state index in [1.807, 2.05) is 0 Å². The number of hydrogen-bond acceptors (Lipinski definition) is 8. The Balaban J connectivity index is 3.82. The number of aliphatic hydroxyl groups is 2. The number of oxime groups is 2. The molecule has 0 saturated heterocycles. The quantitative estimate of drug-likeness (QED) is 0.237. The fourth-order valence-corrected chi connectivity index (χ4v) is 0.311. The third kappa shape index (κ3) is 5.80. The summed E-state index contributed by atoms with van der Waals surface area (Å²) >= 11 is 0. The van der Waals surface area contributed by atoms with Gasteiger partial charge in [-0.3, -0.25) is 0 Å². The average Bonchev–Trinajstić information content (AvgIpc) is 2.18. The van der Waals surface area contributed by atoms with Crippen molar-refractivity contribution in [3.05, 3.63) is 0 Å². The van der Waals surface area contributed by atoms with E-state index in [-0.39, 0.29) is 0 Å². The van der Waals surface area contributed by atoms with Crippen molar-refractivity contribution >= 4 is 24.4 Å². The van der Waals surface area contributed by atoms with Crippen LogP contribution < -0.4 is 0 Å². The van der Waals surface area contributed by atoms with Crippen molar-refractivity contribution in [2.75, 3.05) is 13.2 Å². The van der Waals surface area contributed by atoms with E-state index in [9.17, 15) is 9.59 Å². The van der Waals surface area contributed by atoms with Crippen LogP contribution in [0.25, 0.3) is 0 Å². The topological polar surface area (TPSA) is 118 Å². The number of aliphatic hydroxyl groups excluding tert-OH is 2. The van der Waals surface area contributed by atoms with Gasteiger partial charge in [-0.25, -0.2) is 9.59 Å². The third-order valence-corrected chi connectivity index (χ3v) is 0.750. The Labute approximate surface area is 78.4 Å². The van der Waals surface area contributed by atoms with Crippen molar-refractivity contribution in [2.45, 2.75) is 0 Å². The van der Waals surface area contributed by atoms with Crippen molar-refractivity contribution in [1.82, 2.24) is 0 Å². The predicted molar refractivity (Wildman–Crippen MR) is 43.3 cm³/mol. The van der Waals surface area contributed by atoms with Crippen LogP contribution in [0.2, 0.25) is 0 Å². The molecule has 0 unspecified atom stereocenters. The van der Waals surface area contributed by atoms with Gasteiger partial charge in [-0.1, -0.05) is 10.3 Å². The normalized spacial score (nSPS) is 10.7. The molecule has 0 spiro atoms. The smallest absolute Gasteiger partial charge is 0.391 e. The fourth-order valence-electron chi connectivity index (χ4n) is 0.311. The third-order valence-electron chi connectivity index (χ3n) is 0.750. The van der Waals surface area contributed by atoms with Gasteiger partial charge >= 0.3 is 11.9 Å². The second-order valence-corrected chi connectivity index (χ2v) is 1.70. The molecule has 0 aromatic rings. The van der Waals surface area contributed by atoms with Gasteiger partial charge in [0.15, 0.2) is 0 Å². The first-order valence-corrected chi connectivity index (χ1v) is 3.40. The molecule has 0 aromatic heterocycles. The van der Waals surface area contributed by atoms with E-state index >= 15 is 0 Å². The van der Waals surface area contributed by atoms with Crippen LogP contribution in [0.3, 0.4) is 0 Å². The first-order chi connectivity index (χ1) is 6.72. The van der Waals surface area contributed by atoms with E-state index in [0.29, 0.717) is 0 Å². The van der Waals surface area contributed by atoms with Gasteiger partial charge in [0.25, 0.3) is 0 Å². The van der Waals surface area contributed by atoms with Crippen molar-refractivity contribution in [3.8, 4) is 0 Å². The predicted octanol–water partition coefficient (Wildman–Crippen LogP) is -1.97. The number of hydrogen-bond donors (Lipinski definition) is 2. The highest BCUT2D eigenvalue weighted by Gasteiger charge is 2.17. The molecule has 78 valence electrons. The van der Waals surface area contributed by atoms with Crippen LogP contribution in [0.1, 0.15) is 0 Å². The summed E-state index contributed by atoms with van der Waals surface area (Å²) < 4.78 is 0. The Morgan fingerprint density at radius 2 is 1.36 bits per heavy atom. The number of carbonyl (C=O) groups is 2. The zero-order chi connectivity index (χ0) is 10.8. The minimum Gasteiger partial charge on any atom is -0.391 e. The molecule has 0 radical (unpaired) electrons. The molecule has 0 aromatic carbocycles. The van der Waals surface area contributed by atoms with Gasteiger partial charge in [0.05, 0.1) is 25.6 Å². The summed E-state index contributed by atoms with van der Waals surface area (Å²) in [5, 5.41) is 22.2. The van der Waals surface area contributed by atoms with Crippen molar-refractivity contribution in [1.29, 1.82) is 0 Å². The number of nitrogens with zero attached hydrogens (tertiary/aromatic N) is 2. The van der Waals surface area contributed by atoms with E-state index in [1.54, 1.807) is 0 Å². The van der Waals surface area contributed by atoms with Crippen LogP contribution in [-0.4, -0.2) is 47.8 Å². The molecule has 0 aliphatic heterocycles. The lowest BCUT2D eigenvalue weighted by Crippen LogP contribution is -2.16. The molecule has 0 heterocycles. The summed E-state index contributed by atoms with van der Waals surface area (Å²) in [6, 6.07) is 0. The summed E-state index contributed by atoms with van der Waals surface area (Å²) in [7, 11) is 0. The van der Waals surface area contributed by atoms with Gasteiger partial charge in [0.2, 0.25) is 0 Å². The highest BCUT2D eigenvalue weighted by Crippen LogP contribution is 1.85. The molecule has 0 fully saturated rings. The number of carbonyl (C=O) groups excluding carboxylic acids is 2. The average molecular weight is 204 g/mol. The van der Waals surface area contributed by atoms with Crippen LogP contribution in [0.5, 0.6) is 0 Å². The van der Waals surface area contributed by atoms with E-state index in [4.69, 9.17) is 10.2 Å². The fraction of sp³-hybridized carbons (Fsp3) is 0.333. The largest absolute Gasteiger partial charge is 0.445 e. The summed E-state index contributed by atoms with van der Waals surface area (Å²) in [4.78, 5) is 29.0. The maximum Gasteiger partial charge on any atom is 0.445 e. The van der Waals surface area contributed by atoms with Crippen molar-refractivity contribution in [2.24, 2.45) is 10.3 Å². The van der Waals surface area contributed by atoms with Gasteiger partial charge in [-0.05, 0) is 0 Å². The van der Waals surface area contributed by atoms with Gasteiger partial charge in [0.1, 0.15) is 0 Å². The van der Waals surface area contributed by atoms with Gasteiger partial charge in [0, 0.05) is 0 Å². The molecule has 0 rings (SSSR count). The molecule has 0 aliphatic rings. The van der Waals surface area contributed by atoms with Gasteiger partial charge in [-0.15, -0.1) is 0 Å². The Morgan fingerprint density at radius 3 is 1.64 bits per heavy atom. The molecule has 2 N–H and O–H groups in total. The minimum atomic E-state index is -1.38. The van der Waals surface area contributed by atoms with Crippen LogP contribution in [0.4, 0.5) is 0 Å². The Bertz CT molecular complexity index is 223. The lowest BCUT2D eigenvalue weighted by Gasteiger charge is -1.93. The van der Waals surface area contributed by atoms with E-state index in [1.165, 1.54) is 0 Å². The monoisotopic (exact) mass is 204 g/mol. The van der Waals surface area contributed by atoms with Crippen LogP contribution in [0.15, 0.2) is 10.3 Å². The zero-order valence-electron chi connectivity index (χ0n) is 6.99. The first-order valence-electron chi connectivity index (χ1n) is 3.40. The number of rotatable bonds is 4. The maximum atomic E-state index is 10.6. The lowest BCUT2D eigenvalue weighted by atomic mass is 10.7. The van der Waals surface area contributed by atoms with Crippen molar-refractivity contribution < 1.29 is 29.5 Å². The highest BCUT2D eigenvalue weighted by molar-refractivity contribution is 6.29. The molecule has 0 amide bonds. The van der Waals surface area contributed by atoms with E-state index < -0.39 is 25.2 Å². The molecular weight excluding hydrogens is 196 g/mol. The summed E-state index contributed by atoms with van der Waals surface area (Å²) in [6.45, 7) is -0.851. The lowest BCUT2D eigenvalue weighted by molar-refractivity contribution is -0.167. The van der Waals surface area contributed by atoms with Crippen LogP contribution in [-0.2, 0) is 19.3 Å². The first kappa shape index (κ1) is 12.2. The molecule has 0 atom stereocenters. The van der Waals surface area contributed by atoms with Crippen molar-refractivity contribution in [3.63, 3.8) is 0 Å². The molecule has 0 saturated carbocycles. The van der Waals surface area contributed by atoms with Crippen LogP contribution in [0, 0.1) is 0 Å². The second-order valence-electron chi connectivity index (χ2n) is 1.70. The van der Waals surface area contributed by atoms with Gasteiger partial charge < -0.3 is 19.9 Å². The zero-order valence-corrected chi connectivity index (χ0v) is 6.99. The molecule has 8 heteroatoms. The van der Waals surface area contributed by atoms with Gasteiger partial charge in [-0.2, -0.15) is 0 Å². The summed E-state index contributed by atoms with van der Waals surface area (Å²) in [6.07, 6.45) is 1.73. The summed E-state index contributed by atoms with van der Waals surface area (Å²) in [5.41, 5.74) is 0. The maximum absolute atomic E-state index is 10.6. The van der Waals surface area contributed by atoms with E-state index in [0.717, 1.165) is 12.4 Å². The standard InChI is InChI=1S/C6H8N2O6/c9-3-1-7-13-5(11)6(12)14-8-2-4-10/h1-2,9-10H,3-4H2. The van der Waals surface area contributed by atoms with Crippen LogP contribution >= 0.6 is 0 Å². The molecule has 0 aliphatic carbocycles. The molecular formula is C6H8N2O6. The summed E-state index contributed by atoms with van der Waals surface area (Å²) in [5.74, 6) is -2.77. The Kier molecular flexibility index (Phi) is 6.82. The SMILES string of the molecule is O=C(ON=CCO)C(=O)ON=CCO. The molecule has 0 bridgehead atoms. The molecule has 8 nitrogen and oxygen atoms in total. The Hall–Kier alpha value is -1.80. The second kappa shape index (κ2) is 7.83. The Morgan fingerprint density at radius 1 is 1.00 bits per heavy atom. The minimum absolute atomic E-state index is 0.426. The highest BCUT2D eigenvalue weighted by atomic mass is 16.7.